The number of hydrogen-bond acceptors (Lipinski definition) is 3. The highest BCUT2D eigenvalue weighted by Gasteiger charge is 2.33. The molecule has 1 saturated carbocycles. The number of rotatable bonds is 7. The van der Waals surface area contributed by atoms with Crippen molar-refractivity contribution in [1.29, 1.82) is 0 Å². The number of nitrogens with one attached hydrogen (secondary N) is 1. The lowest BCUT2D eigenvalue weighted by Gasteiger charge is -2.27. The summed E-state index contributed by atoms with van der Waals surface area (Å²) in [5.74, 6) is 0.590. The van der Waals surface area contributed by atoms with Crippen molar-refractivity contribution in [3.63, 3.8) is 0 Å². The Bertz CT molecular complexity index is 236. The first-order chi connectivity index (χ1) is 8.08. The highest BCUT2D eigenvalue weighted by molar-refractivity contribution is 5.77. The van der Waals surface area contributed by atoms with Gasteiger partial charge in [-0.15, -0.1) is 0 Å². The van der Waals surface area contributed by atoms with Crippen LogP contribution in [0.2, 0.25) is 0 Å². The van der Waals surface area contributed by atoms with Gasteiger partial charge in [0.05, 0.1) is 5.60 Å². The van der Waals surface area contributed by atoms with Crippen LogP contribution in [0.4, 0.5) is 0 Å². The van der Waals surface area contributed by atoms with Crippen LogP contribution in [0.25, 0.3) is 0 Å². The first-order valence-corrected chi connectivity index (χ1v) is 6.69. The summed E-state index contributed by atoms with van der Waals surface area (Å²) < 4.78 is 5.72. The van der Waals surface area contributed by atoms with Gasteiger partial charge in [-0.25, -0.2) is 0 Å². The highest BCUT2D eigenvalue weighted by atomic mass is 16.5. The third-order valence-corrected chi connectivity index (χ3v) is 3.44. The second-order valence-corrected chi connectivity index (χ2v) is 5.42. The van der Waals surface area contributed by atoms with E-state index in [1.807, 2.05) is 0 Å². The van der Waals surface area contributed by atoms with Gasteiger partial charge in [0.25, 0.3) is 0 Å². The normalized spacial score (nSPS) is 18.6. The minimum Gasteiger partial charge on any atom is -0.364 e. The lowest BCUT2D eigenvalue weighted by Crippen LogP contribution is -2.41. The first kappa shape index (κ1) is 14.5. The molecule has 0 aromatic heterocycles. The van der Waals surface area contributed by atoms with Crippen LogP contribution in [-0.4, -0.2) is 31.2 Å². The number of amides is 1. The molecule has 0 aromatic rings. The Morgan fingerprint density at radius 2 is 2.06 bits per heavy atom. The minimum atomic E-state index is -0.227. The predicted octanol–water partition coefficient (Wildman–Crippen LogP) is 1.44. The molecule has 1 rings (SSSR count). The molecule has 0 spiro atoms. The maximum Gasteiger partial charge on any atom is 0.246 e. The average molecular weight is 242 g/mol. The van der Waals surface area contributed by atoms with Crippen molar-refractivity contribution in [2.24, 2.45) is 11.7 Å². The summed E-state index contributed by atoms with van der Waals surface area (Å²) >= 11 is 0. The Labute approximate surface area is 104 Å². The summed E-state index contributed by atoms with van der Waals surface area (Å²) in [6.45, 7) is 5.69. The van der Waals surface area contributed by atoms with Crippen molar-refractivity contribution < 1.29 is 9.53 Å². The van der Waals surface area contributed by atoms with E-state index < -0.39 is 0 Å². The van der Waals surface area contributed by atoms with E-state index in [0.29, 0.717) is 12.5 Å². The van der Waals surface area contributed by atoms with Gasteiger partial charge in [-0.1, -0.05) is 26.7 Å². The van der Waals surface area contributed by atoms with E-state index in [9.17, 15) is 4.79 Å². The Morgan fingerprint density at radius 1 is 1.41 bits per heavy atom. The predicted molar refractivity (Wildman–Crippen MR) is 68.7 cm³/mol. The topological polar surface area (TPSA) is 64.3 Å². The average Bonchev–Trinajstić information content (AvgIpc) is 2.75. The van der Waals surface area contributed by atoms with Gasteiger partial charge in [-0.2, -0.15) is 0 Å². The Kier molecular flexibility index (Phi) is 5.92. The zero-order chi connectivity index (χ0) is 12.7. The van der Waals surface area contributed by atoms with Crippen molar-refractivity contribution in [1.82, 2.24) is 5.32 Å². The van der Waals surface area contributed by atoms with E-state index in [4.69, 9.17) is 10.5 Å². The van der Waals surface area contributed by atoms with Crippen LogP contribution >= 0.6 is 0 Å². The van der Waals surface area contributed by atoms with E-state index >= 15 is 0 Å². The number of hydrogen-bond donors (Lipinski definition) is 2. The minimum absolute atomic E-state index is 0.0228. The second-order valence-electron chi connectivity index (χ2n) is 5.42. The standard InChI is InChI=1S/C13H26N2O2/c1-11(2)5-8-15-12(16)9-17-13(10-14)6-3-4-7-13/h11H,3-10,14H2,1-2H3,(H,15,16). The maximum absolute atomic E-state index is 11.6. The molecule has 0 radical (unpaired) electrons. The van der Waals surface area contributed by atoms with Crippen molar-refractivity contribution in [3.05, 3.63) is 0 Å². The molecule has 0 heterocycles. The maximum atomic E-state index is 11.6. The lowest BCUT2D eigenvalue weighted by molar-refractivity contribution is -0.132. The molecular formula is C13H26N2O2. The molecule has 0 unspecified atom stereocenters. The Balaban J connectivity index is 2.18. The van der Waals surface area contributed by atoms with Gasteiger partial charge in [0.2, 0.25) is 5.91 Å². The van der Waals surface area contributed by atoms with Crippen molar-refractivity contribution in [2.45, 2.75) is 51.6 Å². The van der Waals surface area contributed by atoms with Crippen molar-refractivity contribution in [2.75, 3.05) is 19.7 Å². The summed E-state index contributed by atoms with van der Waals surface area (Å²) in [6, 6.07) is 0. The molecule has 4 heteroatoms. The molecule has 1 aliphatic carbocycles. The summed E-state index contributed by atoms with van der Waals surface area (Å²) in [7, 11) is 0. The van der Waals surface area contributed by atoms with Crippen LogP contribution in [0.1, 0.15) is 46.0 Å². The quantitative estimate of drug-likeness (QED) is 0.710. The summed E-state index contributed by atoms with van der Waals surface area (Å²) in [5, 5.41) is 2.87. The van der Waals surface area contributed by atoms with E-state index in [2.05, 4.69) is 19.2 Å². The van der Waals surface area contributed by atoms with E-state index in [1.165, 1.54) is 0 Å². The summed E-state index contributed by atoms with van der Waals surface area (Å²) in [6.07, 6.45) is 5.30. The van der Waals surface area contributed by atoms with Gasteiger partial charge in [-0.05, 0) is 25.2 Å². The van der Waals surface area contributed by atoms with E-state index in [-0.39, 0.29) is 18.1 Å². The SMILES string of the molecule is CC(C)CCNC(=O)COC1(CN)CCCC1. The molecule has 1 fully saturated rings. The molecule has 0 aromatic carbocycles. The van der Waals surface area contributed by atoms with E-state index in [1.54, 1.807) is 0 Å². The van der Waals surface area contributed by atoms with Crippen LogP contribution in [0.3, 0.4) is 0 Å². The first-order valence-electron chi connectivity index (χ1n) is 6.69. The van der Waals surface area contributed by atoms with Gasteiger partial charge >= 0.3 is 0 Å². The largest absolute Gasteiger partial charge is 0.364 e. The molecule has 17 heavy (non-hydrogen) atoms. The van der Waals surface area contributed by atoms with Gasteiger partial charge < -0.3 is 15.8 Å². The van der Waals surface area contributed by atoms with Crippen LogP contribution in [-0.2, 0) is 9.53 Å². The van der Waals surface area contributed by atoms with Crippen molar-refractivity contribution in [3.8, 4) is 0 Å². The molecule has 0 atom stereocenters. The van der Waals surface area contributed by atoms with Crippen LogP contribution in [0.5, 0.6) is 0 Å². The Morgan fingerprint density at radius 3 is 2.59 bits per heavy atom. The summed E-state index contributed by atoms with van der Waals surface area (Å²) in [4.78, 5) is 11.6. The van der Waals surface area contributed by atoms with Gasteiger partial charge in [0.1, 0.15) is 6.61 Å². The summed E-state index contributed by atoms with van der Waals surface area (Å²) in [5.41, 5.74) is 5.51. The third kappa shape index (κ3) is 5.04. The molecule has 3 N–H and O–H groups in total. The fourth-order valence-corrected chi connectivity index (χ4v) is 2.20. The fourth-order valence-electron chi connectivity index (χ4n) is 2.20. The van der Waals surface area contributed by atoms with E-state index in [0.717, 1.165) is 38.6 Å². The smallest absolute Gasteiger partial charge is 0.246 e. The number of nitrogens with two attached hydrogens (primary N) is 1. The number of ether oxygens (including phenoxy) is 1. The van der Waals surface area contributed by atoms with Gasteiger partial charge in [0, 0.05) is 13.1 Å². The molecule has 100 valence electrons. The zero-order valence-corrected chi connectivity index (χ0v) is 11.1. The van der Waals surface area contributed by atoms with Crippen molar-refractivity contribution >= 4 is 5.91 Å². The van der Waals surface area contributed by atoms with Crippen LogP contribution in [0.15, 0.2) is 0 Å². The molecule has 1 amide bonds. The van der Waals surface area contributed by atoms with Gasteiger partial charge in [-0.3, -0.25) is 4.79 Å². The molecule has 0 aliphatic heterocycles. The fraction of sp³-hybridized carbons (Fsp3) is 0.923. The molecule has 0 saturated heterocycles. The molecule has 4 nitrogen and oxygen atoms in total. The monoisotopic (exact) mass is 242 g/mol. The van der Waals surface area contributed by atoms with Crippen LogP contribution < -0.4 is 11.1 Å². The highest BCUT2D eigenvalue weighted by Crippen LogP contribution is 2.31. The van der Waals surface area contributed by atoms with Crippen LogP contribution in [0, 0.1) is 5.92 Å². The molecule has 1 aliphatic rings. The number of carbonyl (C=O) groups is 1. The van der Waals surface area contributed by atoms with Gasteiger partial charge in [0.15, 0.2) is 0 Å². The Hall–Kier alpha value is -0.610. The number of carbonyl (C=O) groups excluding carboxylic acids is 1. The molecular weight excluding hydrogens is 216 g/mol. The lowest BCUT2D eigenvalue weighted by atomic mass is 10.0. The zero-order valence-electron chi connectivity index (χ0n) is 11.1. The second kappa shape index (κ2) is 6.97. The molecule has 0 bridgehead atoms. The third-order valence-electron chi connectivity index (χ3n) is 3.44.